The van der Waals surface area contributed by atoms with Crippen molar-refractivity contribution in [2.45, 2.75) is 52.0 Å². The lowest BCUT2D eigenvalue weighted by molar-refractivity contribution is -0.121. The van der Waals surface area contributed by atoms with Crippen LogP contribution >= 0.6 is 0 Å². The Kier molecular flexibility index (Phi) is 8.17. The first-order valence-corrected chi connectivity index (χ1v) is 7.76. The summed E-state index contributed by atoms with van der Waals surface area (Å²) in [7, 11) is 0. The highest BCUT2D eigenvalue weighted by atomic mass is 16.2. The van der Waals surface area contributed by atoms with Crippen molar-refractivity contribution < 1.29 is 9.59 Å². The van der Waals surface area contributed by atoms with Crippen LogP contribution in [0.25, 0.3) is 0 Å². The van der Waals surface area contributed by atoms with Gasteiger partial charge in [-0.15, -0.1) is 0 Å². The summed E-state index contributed by atoms with van der Waals surface area (Å²) in [6, 6.07) is 8.86. The van der Waals surface area contributed by atoms with E-state index in [9.17, 15) is 9.59 Å². The Hall–Kier alpha value is -1.84. The molecule has 2 N–H and O–H groups in total. The largest absolute Gasteiger partial charge is 0.356 e. The molecule has 2 amide bonds. The van der Waals surface area contributed by atoms with E-state index in [4.69, 9.17) is 0 Å². The zero-order valence-corrected chi connectivity index (χ0v) is 13.0. The van der Waals surface area contributed by atoms with Crippen molar-refractivity contribution in [2.75, 3.05) is 6.54 Å². The van der Waals surface area contributed by atoms with Crippen LogP contribution in [-0.2, 0) is 4.79 Å². The Morgan fingerprint density at radius 1 is 1.10 bits per heavy atom. The summed E-state index contributed by atoms with van der Waals surface area (Å²) in [4.78, 5) is 23.7. The van der Waals surface area contributed by atoms with Crippen LogP contribution in [0.15, 0.2) is 30.3 Å². The normalized spacial score (nSPS) is 11.7. The molecule has 0 bridgehead atoms. The Labute approximate surface area is 127 Å². The van der Waals surface area contributed by atoms with Crippen molar-refractivity contribution in [2.24, 2.45) is 0 Å². The van der Waals surface area contributed by atoms with Crippen LogP contribution < -0.4 is 10.6 Å². The molecule has 1 unspecified atom stereocenters. The molecule has 1 aromatic rings. The second kappa shape index (κ2) is 9.97. The molecule has 1 atom stereocenters. The molecule has 0 aliphatic heterocycles. The van der Waals surface area contributed by atoms with Crippen molar-refractivity contribution in [3.8, 4) is 0 Å². The van der Waals surface area contributed by atoms with E-state index >= 15 is 0 Å². The molecule has 4 heteroatoms. The van der Waals surface area contributed by atoms with E-state index in [1.807, 2.05) is 25.1 Å². The third kappa shape index (κ3) is 7.49. The van der Waals surface area contributed by atoms with Crippen molar-refractivity contribution in [1.29, 1.82) is 0 Å². The molecule has 0 fully saturated rings. The highest BCUT2D eigenvalue weighted by molar-refractivity contribution is 5.94. The molecule has 0 saturated heterocycles. The van der Waals surface area contributed by atoms with Gasteiger partial charge in [-0.3, -0.25) is 9.59 Å². The molecule has 4 nitrogen and oxygen atoms in total. The van der Waals surface area contributed by atoms with E-state index in [2.05, 4.69) is 17.6 Å². The Morgan fingerprint density at radius 2 is 1.81 bits per heavy atom. The van der Waals surface area contributed by atoms with Crippen molar-refractivity contribution >= 4 is 11.8 Å². The Balaban J connectivity index is 2.22. The van der Waals surface area contributed by atoms with Gasteiger partial charge < -0.3 is 10.6 Å². The minimum absolute atomic E-state index is 0.00707. The standard InChI is InChI=1S/C17H26N2O2/c1-3-4-5-9-12-18-16(20)13-14(2)19-17(21)15-10-7-6-8-11-15/h6-8,10-11,14H,3-5,9,12-13H2,1-2H3,(H,18,20)(H,19,21). The number of nitrogens with one attached hydrogen (secondary N) is 2. The maximum Gasteiger partial charge on any atom is 0.251 e. The summed E-state index contributed by atoms with van der Waals surface area (Å²) in [6.45, 7) is 4.73. The average Bonchev–Trinajstić information content (AvgIpc) is 2.47. The predicted octanol–water partition coefficient (Wildman–Crippen LogP) is 2.89. The fourth-order valence-electron chi connectivity index (χ4n) is 2.08. The van der Waals surface area contributed by atoms with Gasteiger partial charge in [-0.25, -0.2) is 0 Å². The molecule has 1 rings (SSSR count). The van der Waals surface area contributed by atoms with Gasteiger partial charge in [0.05, 0.1) is 0 Å². The van der Waals surface area contributed by atoms with E-state index in [1.54, 1.807) is 12.1 Å². The highest BCUT2D eigenvalue weighted by Gasteiger charge is 2.12. The summed E-state index contributed by atoms with van der Waals surface area (Å²) in [5, 5.41) is 5.73. The van der Waals surface area contributed by atoms with Crippen molar-refractivity contribution in [3.63, 3.8) is 0 Å². The van der Waals surface area contributed by atoms with E-state index in [-0.39, 0.29) is 17.9 Å². The van der Waals surface area contributed by atoms with Gasteiger partial charge in [-0.05, 0) is 25.5 Å². The monoisotopic (exact) mass is 290 g/mol. The SMILES string of the molecule is CCCCCCNC(=O)CC(C)NC(=O)c1ccccc1. The van der Waals surface area contributed by atoms with Crippen molar-refractivity contribution in [1.82, 2.24) is 10.6 Å². The van der Waals surface area contributed by atoms with Crippen LogP contribution in [0.2, 0.25) is 0 Å². The fourth-order valence-corrected chi connectivity index (χ4v) is 2.08. The molecule has 0 spiro atoms. The van der Waals surface area contributed by atoms with Crippen LogP contribution in [0.3, 0.4) is 0 Å². The minimum Gasteiger partial charge on any atom is -0.356 e. The van der Waals surface area contributed by atoms with Gasteiger partial charge in [0, 0.05) is 24.6 Å². The summed E-state index contributed by atoms with van der Waals surface area (Å²) in [5.74, 6) is -0.147. The molecular formula is C17H26N2O2. The van der Waals surface area contributed by atoms with E-state index in [0.29, 0.717) is 12.0 Å². The third-order valence-electron chi connectivity index (χ3n) is 3.26. The quantitative estimate of drug-likeness (QED) is 0.687. The molecule has 1 aromatic carbocycles. The summed E-state index contributed by atoms with van der Waals surface area (Å²) in [6.07, 6.45) is 4.88. The first-order chi connectivity index (χ1) is 10.1. The molecule has 0 heterocycles. The third-order valence-corrected chi connectivity index (χ3v) is 3.26. The Morgan fingerprint density at radius 3 is 2.48 bits per heavy atom. The van der Waals surface area contributed by atoms with Crippen LogP contribution in [0.5, 0.6) is 0 Å². The van der Waals surface area contributed by atoms with Gasteiger partial charge in [-0.1, -0.05) is 44.4 Å². The molecular weight excluding hydrogens is 264 g/mol. The van der Waals surface area contributed by atoms with Crippen LogP contribution in [0, 0.1) is 0 Å². The second-order valence-electron chi connectivity index (χ2n) is 5.36. The van der Waals surface area contributed by atoms with E-state index in [1.165, 1.54) is 12.8 Å². The Bertz CT molecular complexity index is 432. The van der Waals surface area contributed by atoms with Gasteiger partial charge in [0.2, 0.25) is 5.91 Å². The number of hydrogen-bond donors (Lipinski definition) is 2. The number of rotatable bonds is 9. The van der Waals surface area contributed by atoms with Crippen molar-refractivity contribution in [3.05, 3.63) is 35.9 Å². The summed E-state index contributed by atoms with van der Waals surface area (Å²) >= 11 is 0. The molecule has 0 saturated carbocycles. The zero-order chi connectivity index (χ0) is 15.5. The second-order valence-corrected chi connectivity index (χ2v) is 5.36. The van der Waals surface area contributed by atoms with Gasteiger partial charge in [-0.2, -0.15) is 0 Å². The van der Waals surface area contributed by atoms with E-state index < -0.39 is 0 Å². The van der Waals surface area contributed by atoms with E-state index in [0.717, 1.165) is 19.4 Å². The van der Waals surface area contributed by atoms with Gasteiger partial charge in [0.15, 0.2) is 0 Å². The number of unbranched alkanes of at least 4 members (excludes halogenated alkanes) is 3. The maximum atomic E-state index is 11.9. The molecule has 21 heavy (non-hydrogen) atoms. The zero-order valence-electron chi connectivity index (χ0n) is 13.0. The van der Waals surface area contributed by atoms with Gasteiger partial charge in [0.25, 0.3) is 5.91 Å². The fraction of sp³-hybridized carbons (Fsp3) is 0.529. The van der Waals surface area contributed by atoms with Crippen LogP contribution in [-0.4, -0.2) is 24.4 Å². The number of benzene rings is 1. The molecule has 0 aliphatic rings. The lowest BCUT2D eigenvalue weighted by Gasteiger charge is -2.14. The summed E-state index contributed by atoms with van der Waals surface area (Å²) < 4.78 is 0. The topological polar surface area (TPSA) is 58.2 Å². The number of carbonyl (C=O) groups excluding carboxylic acids is 2. The lowest BCUT2D eigenvalue weighted by Crippen LogP contribution is -2.37. The molecule has 0 aromatic heterocycles. The summed E-state index contributed by atoms with van der Waals surface area (Å²) in [5.41, 5.74) is 0.615. The highest BCUT2D eigenvalue weighted by Crippen LogP contribution is 2.01. The molecule has 0 radical (unpaired) electrons. The number of carbonyl (C=O) groups is 2. The number of hydrogen-bond acceptors (Lipinski definition) is 2. The lowest BCUT2D eigenvalue weighted by atomic mass is 10.1. The predicted molar refractivity (Wildman–Crippen MR) is 85.1 cm³/mol. The smallest absolute Gasteiger partial charge is 0.251 e. The maximum absolute atomic E-state index is 11.9. The van der Waals surface area contributed by atoms with Gasteiger partial charge in [0.1, 0.15) is 0 Å². The van der Waals surface area contributed by atoms with Crippen LogP contribution in [0.1, 0.15) is 56.3 Å². The average molecular weight is 290 g/mol. The first kappa shape index (κ1) is 17.2. The first-order valence-electron chi connectivity index (χ1n) is 7.76. The minimum atomic E-state index is -0.173. The molecule has 0 aliphatic carbocycles. The molecule has 116 valence electrons. The van der Waals surface area contributed by atoms with Crippen LogP contribution in [0.4, 0.5) is 0 Å². The van der Waals surface area contributed by atoms with Gasteiger partial charge >= 0.3 is 0 Å². The number of amides is 2.